The van der Waals surface area contributed by atoms with Gasteiger partial charge in [0.05, 0.1) is 11.1 Å². The van der Waals surface area contributed by atoms with Crippen LogP contribution in [-0.2, 0) is 5.75 Å². The van der Waals surface area contributed by atoms with Crippen molar-refractivity contribution in [3.63, 3.8) is 0 Å². The van der Waals surface area contributed by atoms with E-state index < -0.39 is 0 Å². The second-order valence-electron chi connectivity index (χ2n) is 3.96. The summed E-state index contributed by atoms with van der Waals surface area (Å²) >= 11 is 3.51. The van der Waals surface area contributed by atoms with E-state index in [9.17, 15) is 0 Å². The number of nitrogens with two attached hydrogens (primary N) is 1. The maximum atomic E-state index is 5.92. The summed E-state index contributed by atoms with van der Waals surface area (Å²) in [7, 11) is 0. The Kier molecular flexibility index (Phi) is 3.35. The Morgan fingerprint density at radius 3 is 2.88 bits per heavy atom. The minimum absolute atomic E-state index is 0.589. The number of aryl methyl sites for hydroxylation is 1. The van der Waals surface area contributed by atoms with Crippen molar-refractivity contribution in [3.05, 3.63) is 16.8 Å². The number of hydrogen-bond acceptors (Lipinski definition) is 5. The minimum Gasteiger partial charge on any atom is -0.383 e. The van der Waals surface area contributed by atoms with E-state index in [2.05, 4.69) is 36.8 Å². The number of fused-ring (bicyclic) bond motifs is 1. The Hall–Kier alpha value is -0.810. The molecule has 5 heteroatoms. The lowest BCUT2D eigenvalue weighted by Crippen LogP contribution is -1.99. The lowest BCUT2D eigenvalue weighted by molar-refractivity contribution is 1.06. The third-order valence-corrected chi connectivity index (χ3v) is 4.17. The number of thioether (sulfide) groups is 1. The first-order chi connectivity index (χ1) is 7.56. The van der Waals surface area contributed by atoms with Crippen LogP contribution in [-0.4, -0.2) is 15.2 Å². The summed E-state index contributed by atoms with van der Waals surface area (Å²) in [6.07, 6.45) is 0. The van der Waals surface area contributed by atoms with Crippen molar-refractivity contribution < 1.29 is 0 Å². The first-order valence-corrected chi connectivity index (χ1v) is 7.07. The van der Waals surface area contributed by atoms with Crippen molar-refractivity contribution in [1.82, 2.24) is 9.97 Å². The fourth-order valence-electron chi connectivity index (χ4n) is 1.42. The van der Waals surface area contributed by atoms with Crippen molar-refractivity contribution in [2.75, 3.05) is 5.73 Å². The smallest absolute Gasteiger partial charge is 0.142 e. The molecule has 2 rings (SSSR count). The van der Waals surface area contributed by atoms with Crippen LogP contribution in [0.1, 0.15) is 24.5 Å². The zero-order valence-corrected chi connectivity index (χ0v) is 11.3. The van der Waals surface area contributed by atoms with Gasteiger partial charge in [-0.25, -0.2) is 9.97 Å². The van der Waals surface area contributed by atoms with E-state index in [-0.39, 0.29) is 0 Å². The number of nitrogen functional groups attached to an aromatic ring is 1. The average Bonchev–Trinajstić information content (AvgIpc) is 2.56. The summed E-state index contributed by atoms with van der Waals surface area (Å²) < 4.78 is 0. The second-order valence-corrected chi connectivity index (χ2v) is 6.76. The van der Waals surface area contributed by atoms with Gasteiger partial charge in [0, 0.05) is 4.88 Å². The molecular formula is C11H15N3S2. The number of aromatic nitrogens is 2. The highest BCUT2D eigenvalue weighted by Gasteiger charge is 2.08. The Labute approximate surface area is 103 Å². The normalized spacial score (nSPS) is 11.5. The molecule has 2 N–H and O–H groups in total. The lowest BCUT2D eigenvalue weighted by atomic mass is 10.3. The maximum absolute atomic E-state index is 5.92. The van der Waals surface area contributed by atoms with Gasteiger partial charge in [-0.1, -0.05) is 13.8 Å². The molecule has 0 radical (unpaired) electrons. The predicted molar refractivity (Wildman–Crippen MR) is 73.0 cm³/mol. The minimum atomic E-state index is 0.589. The summed E-state index contributed by atoms with van der Waals surface area (Å²) in [5.74, 6) is 2.27. The van der Waals surface area contributed by atoms with E-state index in [0.29, 0.717) is 11.1 Å². The topological polar surface area (TPSA) is 51.8 Å². The second kappa shape index (κ2) is 4.59. The summed E-state index contributed by atoms with van der Waals surface area (Å²) in [6, 6.07) is 2.05. The van der Waals surface area contributed by atoms with Gasteiger partial charge >= 0.3 is 0 Å². The summed E-state index contributed by atoms with van der Waals surface area (Å²) in [5.41, 5.74) is 5.92. The van der Waals surface area contributed by atoms with Crippen molar-refractivity contribution in [2.45, 2.75) is 31.8 Å². The van der Waals surface area contributed by atoms with E-state index in [0.717, 1.165) is 21.8 Å². The molecule has 0 unspecified atom stereocenters. The SMILES string of the molecule is Cc1cc2c(N)nc(CSC(C)C)nc2s1. The van der Waals surface area contributed by atoms with Crippen LogP contribution in [0.3, 0.4) is 0 Å². The molecule has 86 valence electrons. The van der Waals surface area contributed by atoms with Crippen molar-refractivity contribution >= 4 is 39.1 Å². The first-order valence-electron chi connectivity index (χ1n) is 5.20. The van der Waals surface area contributed by atoms with Crippen molar-refractivity contribution in [1.29, 1.82) is 0 Å². The molecule has 0 bridgehead atoms. The molecular weight excluding hydrogens is 238 g/mol. The molecule has 0 aliphatic carbocycles. The van der Waals surface area contributed by atoms with Crippen LogP contribution in [0.15, 0.2) is 6.07 Å². The maximum Gasteiger partial charge on any atom is 0.142 e. The van der Waals surface area contributed by atoms with Crippen LogP contribution in [0.25, 0.3) is 10.2 Å². The van der Waals surface area contributed by atoms with Crippen LogP contribution in [0.5, 0.6) is 0 Å². The lowest BCUT2D eigenvalue weighted by Gasteiger charge is -2.04. The Balaban J connectivity index is 2.33. The molecule has 3 nitrogen and oxygen atoms in total. The molecule has 2 aromatic heterocycles. The standard InChI is InChI=1S/C11H15N3S2/c1-6(2)15-5-9-13-10(12)8-4-7(3)16-11(8)14-9/h4,6H,5H2,1-3H3,(H2,12,13,14). The van der Waals surface area contributed by atoms with Gasteiger partial charge in [0.15, 0.2) is 0 Å². The van der Waals surface area contributed by atoms with Crippen molar-refractivity contribution in [3.8, 4) is 0 Å². The quantitative estimate of drug-likeness (QED) is 0.912. The molecule has 2 heterocycles. The number of thiophene rings is 1. The van der Waals surface area contributed by atoms with Gasteiger partial charge in [-0.3, -0.25) is 0 Å². The molecule has 0 spiro atoms. The zero-order chi connectivity index (χ0) is 11.7. The highest BCUT2D eigenvalue weighted by Crippen LogP contribution is 2.27. The highest BCUT2D eigenvalue weighted by molar-refractivity contribution is 7.99. The number of hydrogen-bond donors (Lipinski definition) is 1. The van der Waals surface area contributed by atoms with Gasteiger partial charge in [-0.15, -0.1) is 11.3 Å². The van der Waals surface area contributed by atoms with E-state index in [1.54, 1.807) is 11.3 Å². The largest absolute Gasteiger partial charge is 0.383 e. The van der Waals surface area contributed by atoms with E-state index in [1.165, 1.54) is 4.88 Å². The molecule has 0 saturated heterocycles. The third kappa shape index (κ3) is 2.47. The number of rotatable bonds is 3. The fourth-order valence-corrected chi connectivity index (χ4v) is 2.93. The predicted octanol–water partition coefficient (Wildman–Crippen LogP) is 3.22. The number of anilines is 1. The first kappa shape index (κ1) is 11.7. The fraction of sp³-hybridized carbons (Fsp3) is 0.455. The monoisotopic (exact) mass is 253 g/mol. The highest BCUT2D eigenvalue weighted by atomic mass is 32.2. The summed E-state index contributed by atoms with van der Waals surface area (Å²) in [5, 5.41) is 1.58. The summed E-state index contributed by atoms with van der Waals surface area (Å²) in [6.45, 7) is 6.40. The van der Waals surface area contributed by atoms with Gasteiger partial charge in [-0.2, -0.15) is 11.8 Å². The zero-order valence-electron chi connectivity index (χ0n) is 9.65. The molecule has 2 aromatic rings. The van der Waals surface area contributed by atoms with Crippen LogP contribution in [0.4, 0.5) is 5.82 Å². The molecule has 0 fully saturated rings. The number of nitrogens with zero attached hydrogens (tertiary/aromatic N) is 2. The van der Waals surface area contributed by atoms with E-state index >= 15 is 0 Å². The van der Waals surface area contributed by atoms with Crippen LogP contribution < -0.4 is 5.73 Å². The van der Waals surface area contributed by atoms with Gasteiger partial charge in [-0.05, 0) is 18.2 Å². The van der Waals surface area contributed by atoms with Gasteiger partial charge in [0.25, 0.3) is 0 Å². The molecule has 16 heavy (non-hydrogen) atoms. The van der Waals surface area contributed by atoms with Gasteiger partial charge in [0.1, 0.15) is 16.5 Å². The third-order valence-electron chi connectivity index (χ3n) is 2.14. The van der Waals surface area contributed by atoms with Crippen LogP contribution >= 0.6 is 23.1 Å². The molecule has 0 aliphatic rings. The Morgan fingerprint density at radius 2 is 2.19 bits per heavy atom. The Morgan fingerprint density at radius 1 is 1.44 bits per heavy atom. The molecule has 0 atom stereocenters. The average molecular weight is 253 g/mol. The molecule has 0 aromatic carbocycles. The van der Waals surface area contributed by atoms with Crippen LogP contribution in [0.2, 0.25) is 0 Å². The van der Waals surface area contributed by atoms with E-state index in [4.69, 9.17) is 5.73 Å². The van der Waals surface area contributed by atoms with Gasteiger partial charge in [0.2, 0.25) is 0 Å². The Bertz CT molecular complexity index is 505. The van der Waals surface area contributed by atoms with E-state index in [1.807, 2.05) is 11.8 Å². The molecule has 0 saturated carbocycles. The molecule has 0 amide bonds. The van der Waals surface area contributed by atoms with Gasteiger partial charge < -0.3 is 5.73 Å². The summed E-state index contributed by atoms with van der Waals surface area (Å²) in [4.78, 5) is 11.1. The van der Waals surface area contributed by atoms with Crippen LogP contribution in [0, 0.1) is 6.92 Å². The van der Waals surface area contributed by atoms with Crippen molar-refractivity contribution in [2.24, 2.45) is 0 Å². The molecule has 0 aliphatic heterocycles.